The summed E-state index contributed by atoms with van der Waals surface area (Å²) in [4.78, 5) is 0.239. The number of rotatable bonds is 4. The van der Waals surface area contributed by atoms with E-state index in [0.717, 1.165) is 16.7 Å². The summed E-state index contributed by atoms with van der Waals surface area (Å²) in [6.07, 6.45) is 0. The van der Waals surface area contributed by atoms with E-state index in [1.165, 1.54) is 0 Å². The van der Waals surface area contributed by atoms with Crippen LogP contribution in [0.2, 0.25) is 0 Å². The van der Waals surface area contributed by atoms with Crippen LogP contribution in [0, 0.1) is 27.7 Å². The number of hydrogen-bond acceptors (Lipinski definition) is 3. The highest BCUT2D eigenvalue weighted by Gasteiger charge is 2.21. The molecule has 2 N–H and O–H groups in total. The van der Waals surface area contributed by atoms with Gasteiger partial charge in [-0.15, -0.1) is 0 Å². The first-order valence-electron chi connectivity index (χ1n) is 6.38. The van der Waals surface area contributed by atoms with Crippen molar-refractivity contribution in [1.29, 1.82) is 0 Å². The van der Waals surface area contributed by atoms with Gasteiger partial charge >= 0.3 is 0 Å². The Morgan fingerprint density at radius 1 is 1.20 bits per heavy atom. The Kier molecular flexibility index (Phi) is 3.96. The first-order chi connectivity index (χ1) is 9.31. The van der Waals surface area contributed by atoms with Crippen LogP contribution in [-0.4, -0.2) is 18.6 Å². The molecular weight excluding hydrogens is 274 g/mol. The van der Waals surface area contributed by atoms with Crippen LogP contribution in [0.4, 0.5) is 0 Å². The van der Waals surface area contributed by atoms with Crippen molar-refractivity contribution >= 4 is 10.0 Å². The normalized spacial score (nSPS) is 11.8. The van der Waals surface area contributed by atoms with Crippen molar-refractivity contribution in [2.75, 3.05) is 0 Å². The Labute approximate surface area is 119 Å². The monoisotopic (exact) mass is 293 g/mol. The van der Waals surface area contributed by atoms with E-state index in [9.17, 15) is 8.42 Å². The van der Waals surface area contributed by atoms with Crippen molar-refractivity contribution in [2.24, 2.45) is 0 Å². The van der Waals surface area contributed by atoms with Crippen LogP contribution in [0.25, 0.3) is 0 Å². The predicted octanol–water partition coefficient (Wildman–Crippen LogP) is 2.12. The van der Waals surface area contributed by atoms with E-state index >= 15 is 0 Å². The van der Waals surface area contributed by atoms with Gasteiger partial charge in [0.25, 0.3) is 0 Å². The quantitative estimate of drug-likeness (QED) is 0.906. The maximum absolute atomic E-state index is 12.3. The molecule has 0 bridgehead atoms. The highest BCUT2D eigenvalue weighted by atomic mass is 32.2. The molecule has 1 aromatic carbocycles. The smallest absolute Gasteiger partial charge is 0.244 e. The summed E-state index contributed by atoms with van der Waals surface area (Å²) in [6.45, 7) is 7.61. The van der Waals surface area contributed by atoms with Crippen LogP contribution in [0.15, 0.2) is 23.1 Å². The second kappa shape index (κ2) is 5.38. The minimum atomic E-state index is -3.55. The number of nitrogens with one attached hydrogen (secondary N) is 2. The largest absolute Gasteiger partial charge is 0.281 e. The lowest BCUT2D eigenvalue weighted by Gasteiger charge is -2.10. The van der Waals surface area contributed by atoms with Gasteiger partial charge in [0.15, 0.2) is 0 Å². The number of sulfonamides is 1. The maximum Gasteiger partial charge on any atom is 0.244 e. The fraction of sp³-hybridized carbons (Fsp3) is 0.357. The number of hydrogen-bond donors (Lipinski definition) is 2. The summed E-state index contributed by atoms with van der Waals surface area (Å²) in [5, 5.41) is 6.62. The van der Waals surface area contributed by atoms with E-state index in [1.807, 2.05) is 32.0 Å². The molecule has 0 atom stereocenters. The minimum Gasteiger partial charge on any atom is -0.281 e. The third-order valence-corrected chi connectivity index (χ3v) is 4.95. The number of aromatic nitrogens is 2. The summed E-state index contributed by atoms with van der Waals surface area (Å²) >= 11 is 0. The third kappa shape index (κ3) is 2.91. The zero-order valence-corrected chi connectivity index (χ0v) is 12.9. The van der Waals surface area contributed by atoms with E-state index < -0.39 is 10.0 Å². The molecule has 5 nitrogen and oxygen atoms in total. The molecule has 2 aromatic rings. The van der Waals surface area contributed by atoms with Crippen molar-refractivity contribution in [3.05, 3.63) is 46.3 Å². The molecule has 0 radical (unpaired) electrons. The Hall–Kier alpha value is -1.66. The molecule has 20 heavy (non-hydrogen) atoms. The number of aromatic amines is 1. The van der Waals surface area contributed by atoms with Crippen molar-refractivity contribution in [3.8, 4) is 0 Å². The molecule has 0 unspecified atom stereocenters. The van der Waals surface area contributed by atoms with Crippen molar-refractivity contribution in [1.82, 2.24) is 14.9 Å². The minimum absolute atomic E-state index is 0.239. The lowest BCUT2D eigenvalue weighted by atomic mass is 10.1. The molecule has 0 fully saturated rings. The zero-order chi connectivity index (χ0) is 14.9. The van der Waals surface area contributed by atoms with Crippen LogP contribution < -0.4 is 4.72 Å². The van der Waals surface area contributed by atoms with Crippen LogP contribution in [0.5, 0.6) is 0 Å². The molecule has 0 aliphatic carbocycles. The molecule has 0 saturated heterocycles. The Morgan fingerprint density at radius 3 is 2.50 bits per heavy atom. The van der Waals surface area contributed by atoms with Gasteiger partial charge in [0, 0.05) is 6.54 Å². The maximum atomic E-state index is 12.3. The number of aryl methyl sites for hydroxylation is 4. The first kappa shape index (κ1) is 14.7. The SMILES string of the molecule is Cc1ccc(C)c(CNS(=O)(=O)c2c(C)n[nH]c2C)c1. The zero-order valence-electron chi connectivity index (χ0n) is 12.1. The predicted molar refractivity (Wildman–Crippen MR) is 78.0 cm³/mol. The third-order valence-electron chi connectivity index (χ3n) is 3.29. The molecule has 0 spiro atoms. The van der Waals surface area contributed by atoms with Crippen molar-refractivity contribution in [3.63, 3.8) is 0 Å². The highest BCUT2D eigenvalue weighted by Crippen LogP contribution is 2.17. The van der Waals surface area contributed by atoms with Crippen molar-refractivity contribution in [2.45, 2.75) is 39.1 Å². The summed E-state index contributed by atoms with van der Waals surface area (Å²) in [5.74, 6) is 0. The topological polar surface area (TPSA) is 74.8 Å². The summed E-state index contributed by atoms with van der Waals surface area (Å²) in [5.41, 5.74) is 4.19. The van der Waals surface area contributed by atoms with E-state index in [-0.39, 0.29) is 11.4 Å². The number of nitrogens with zero attached hydrogens (tertiary/aromatic N) is 1. The van der Waals surface area contributed by atoms with Gasteiger partial charge < -0.3 is 0 Å². The molecule has 6 heteroatoms. The Morgan fingerprint density at radius 2 is 1.90 bits per heavy atom. The second-order valence-electron chi connectivity index (χ2n) is 5.02. The lowest BCUT2D eigenvalue weighted by molar-refractivity contribution is 0.580. The molecule has 0 amide bonds. The van der Waals surface area contributed by atoms with Gasteiger partial charge in [-0.1, -0.05) is 23.8 Å². The fourth-order valence-corrected chi connectivity index (χ4v) is 3.55. The second-order valence-corrected chi connectivity index (χ2v) is 6.72. The van der Waals surface area contributed by atoms with Gasteiger partial charge in [-0.05, 0) is 38.8 Å². The molecule has 108 valence electrons. The van der Waals surface area contributed by atoms with Gasteiger partial charge in [-0.25, -0.2) is 13.1 Å². The summed E-state index contributed by atoms with van der Waals surface area (Å²) < 4.78 is 27.3. The standard InChI is InChI=1S/C14H19N3O2S/c1-9-5-6-10(2)13(7-9)8-15-20(18,19)14-11(3)16-17-12(14)4/h5-7,15H,8H2,1-4H3,(H,16,17). The highest BCUT2D eigenvalue weighted by molar-refractivity contribution is 7.89. The fourth-order valence-electron chi connectivity index (χ4n) is 2.17. The van der Waals surface area contributed by atoms with E-state index in [2.05, 4.69) is 14.9 Å². The lowest BCUT2D eigenvalue weighted by Crippen LogP contribution is -2.24. The van der Waals surface area contributed by atoms with Gasteiger partial charge in [0.1, 0.15) is 4.90 Å². The average Bonchev–Trinajstić information content (AvgIpc) is 2.71. The van der Waals surface area contributed by atoms with Crippen LogP contribution in [-0.2, 0) is 16.6 Å². The average molecular weight is 293 g/mol. The summed E-state index contributed by atoms with van der Waals surface area (Å²) in [6, 6.07) is 6.00. The molecule has 2 rings (SSSR count). The molecule has 0 aliphatic rings. The molecule has 1 heterocycles. The van der Waals surface area contributed by atoms with Crippen LogP contribution >= 0.6 is 0 Å². The van der Waals surface area contributed by atoms with Crippen molar-refractivity contribution < 1.29 is 8.42 Å². The van der Waals surface area contributed by atoms with Gasteiger partial charge in [0.05, 0.1) is 11.4 Å². The van der Waals surface area contributed by atoms with Crippen LogP contribution in [0.3, 0.4) is 0 Å². The van der Waals surface area contributed by atoms with Gasteiger partial charge in [-0.3, -0.25) is 5.10 Å². The van der Waals surface area contributed by atoms with E-state index in [1.54, 1.807) is 13.8 Å². The molecule has 1 aromatic heterocycles. The van der Waals surface area contributed by atoms with E-state index in [0.29, 0.717) is 11.4 Å². The number of H-pyrrole nitrogens is 1. The molecular formula is C14H19N3O2S. The Balaban J connectivity index is 2.24. The first-order valence-corrected chi connectivity index (χ1v) is 7.87. The van der Waals surface area contributed by atoms with Crippen LogP contribution in [0.1, 0.15) is 28.1 Å². The molecule has 0 saturated carbocycles. The van der Waals surface area contributed by atoms with E-state index in [4.69, 9.17) is 0 Å². The summed E-state index contributed by atoms with van der Waals surface area (Å²) in [7, 11) is -3.55. The van der Waals surface area contributed by atoms with Gasteiger partial charge in [0.2, 0.25) is 10.0 Å². The Bertz CT molecular complexity index is 713. The molecule has 0 aliphatic heterocycles. The number of benzene rings is 1. The van der Waals surface area contributed by atoms with Gasteiger partial charge in [-0.2, -0.15) is 5.10 Å².